The van der Waals surface area contributed by atoms with Crippen molar-refractivity contribution in [3.8, 4) is 0 Å². The SMILES string of the molecule is CCN(C(=O)CNc1cccc(Cl)c1C)c1cccc(C)c1. The normalized spacial score (nSPS) is 10.4. The van der Waals surface area contributed by atoms with Gasteiger partial charge in [-0.1, -0.05) is 29.8 Å². The lowest BCUT2D eigenvalue weighted by atomic mass is 10.2. The lowest BCUT2D eigenvalue weighted by Gasteiger charge is -2.22. The van der Waals surface area contributed by atoms with Crippen molar-refractivity contribution >= 4 is 28.9 Å². The number of rotatable bonds is 5. The summed E-state index contributed by atoms with van der Waals surface area (Å²) >= 11 is 6.10. The maximum Gasteiger partial charge on any atom is 0.246 e. The van der Waals surface area contributed by atoms with E-state index in [-0.39, 0.29) is 12.5 Å². The van der Waals surface area contributed by atoms with E-state index in [1.54, 1.807) is 4.90 Å². The van der Waals surface area contributed by atoms with Gasteiger partial charge in [-0.25, -0.2) is 0 Å². The predicted molar refractivity (Wildman–Crippen MR) is 93.9 cm³/mol. The summed E-state index contributed by atoms with van der Waals surface area (Å²) in [5.41, 5.74) is 3.91. The van der Waals surface area contributed by atoms with Crippen molar-refractivity contribution in [3.05, 3.63) is 58.6 Å². The Morgan fingerprint density at radius 2 is 1.91 bits per heavy atom. The van der Waals surface area contributed by atoms with Crippen LogP contribution in [0.1, 0.15) is 18.1 Å². The van der Waals surface area contributed by atoms with Crippen LogP contribution in [0.3, 0.4) is 0 Å². The van der Waals surface area contributed by atoms with Crippen LogP contribution in [0.5, 0.6) is 0 Å². The highest BCUT2D eigenvalue weighted by molar-refractivity contribution is 6.31. The lowest BCUT2D eigenvalue weighted by Crippen LogP contribution is -2.35. The van der Waals surface area contributed by atoms with Crippen molar-refractivity contribution in [1.29, 1.82) is 0 Å². The molecule has 0 aromatic heterocycles. The number of hydrogen-bond acceptors (Lipinski definition) is 2. The molecule has 0 fully saturated rings. The fourth-order valence-electron chi connectivity index (χ4n) is 2.36. The monoisotopic (exact) mass is 316 g/mol. The average Bonchev–Trinajstić information content (AvgIpc) is 2.49. The number of amides is 1. The molecule has 1 amide bonds. The van der Waals surface area contributed by atoms with Crippen LogP contribution < -0.4 is 10.2 Å². The summed E-state index contributed by atoms with van der Waals surface area (Å²) in [6.45, 7) is 6.81. The van der Waals surface area contributed by atoms with Crippen molar-refractivity contribution in [3.63, 3.8) is 0 Å². The molecule has 0 aliphatic heterocycles. The Balaban J connectivity index is 2.08. The number of halogens is 1. The van der Waals surface area contributed by atoms with Gasteiger partial charge in [0, 0.05) is 22.9 Å². The van der Waals surface area contributed by atoms with Crippen LogP contribution in [0, 0.1) is 13.8 Å². The standard InChI is InChI=1S/C18H21ClN2O/c1-4-21(15-8-5-7-13(2)11-15)18(22)12-20-17-10-6-9-16(19)14(17)3/h5-11,20H,4,12H2,1-3H3. The highest BCUT2D eigenvalue weighted by Crippen LogP contribution is 2.23. The summed E-state index contributed by atoms with van der Waals surface area (Å²) in [5, 5.41) is 3.87. The topological polar surface area (TPSA) is 32.3 Å². The van der Waals surface area contributed by atoms with Crippen LogP contribution in [-0.4, -0.2) is 19.0 Å². The molecule has 0 aliphatic rings. The zero-order chi connectivity index (χ0) is 16.1. The number of nitrogens with one attached hydrogen (secondary N) is 1. The van der Waals surface area contributed by atoms with Gasteiger partial charge in [0.2, 0.25) is 5.91 Å². The fourth-order valence-corrected chi connectivity index (χ4v) is 2.54. The second-order valence-electron chi connectivity index (χ2n) is 5.24. The van der Waals surface area contributed by atoms with E-state index in [9.17, 15) is 4.79 Å². The summed E-state index contributed by atoms with van der Waals surface area (Å²) in [7, 11) is 0. The molecular weight excluding hydrogens is 296 g/mol. The van der Waals surface area contributed by atoms with Crippen molar-refractivity contribution in [2.75, 3.05) is 23.3 Å². The van der Waals surface area contributed by atoms with Gasteiger partial charge in [0.25, 0.3) is 0 Å². The molecule has 0 radical (unpaired) electrons. The van der Waals surface area contributed by atoms with Gasteiger partial charge < -0.3 is 10.2 Å². The van der Waals surface area contributed by atoms with E-state index in [2.05, 4.69) is 5.32 Å². The fraction of sp³-hybridized carbons (Fsp3) is 0.278. The minimum Gasteiger partial charge on any atom is -0.376 e. The van der Waals surface area contributed by atoms with Crippen LogP contribution in [-0.2, 0) is 4.79 Å². The Bertz CT molecular complexity index is 670. The highest BCUT2D eigenvalue weighted by Gasteiger charge is 2.14. The third-order valence-electron chi connectivity index (χ3n) is 3.63. The minimum absolute atomic E-state index is 0.0347. The number of hydrogen-bond donors (Lipinski definition) is 1. The molecule has 22 heavy (non-hydrogen) atoms. The molecule has 0 heterocycles. The first kappa shape index (κ1) is 16.4. The molecular formula is C18H21ClN2O. The molecule has 2 rings (SSSR count). The molecule has 0 bridgehead atoms. The lowest BCUT2D eigenvalue weighted by molar-refractivity contribution is -0.116. The summed E-state index contributed by atoms with van der Waals surface area (Å²) in [5.74, 6) is 0.0347. The molecule has 0 unspecified atom stereocenters. The third kappa shape index (κ3) is 3.80. The molecule has 4 heteroatoms. The van der Waals surface area contributed by atoms with E-state index in [1.165, 1.54) is 0 Å². The molecule has 116 valence electrons. The predicted octanol–water partition coefficient (Wildman–Crippen LogP) is 4.42. The number of anilines is 2. The summed E-state index contributed by atoms with van der Waals surface area (Å²) < 4.78 is 0. The molecule has 0 saturated carbocycles. The van der Waals surface area contributed by atoms with Crippen LogP contribution in [0.25, 0.3) is 0 Å². The summed E-state index contributed by atoms with van der Waals surface area (Å²) in [6.07, 6.45) is 0. The van der Waals surface area contributed by atoms with Crippen LogP contribution >= 0.6 is 11.6 Å². The van der Waals surface area contributed by atoms with Gasteiger partial charge in [-0.15, -0.1) is 0 Å². The number of carbonyl (C=O) groups excluding carboxylic acids is 1. The van der Waals surface area contributed by atoms with Gasteiger partial charge in [-0.3, -0.25) is 4.79 Å². The van der Waals surface area contributed by atoms with E-state index >= 15 is 0 Å². The number of nitrogens with zero attached hydrogens (tertiary/aromatic N) is 1. The molecule has 0 aliphatic carbocycles. The van der Waals surface area contributed by atoms with Crippen molar-refractivity contribution in [1.82, 2.24) is 0 Å². The highest BCUT2D eigenvalue weighted by atomic mass is 35.5. The Morgan fingerprint density at radius 3 is 2.59 bits per heavy atom. The Labute approximate surface area is 136 Å². The van der Waals surface area contributed by atoms with Gasteiger partial charge in [0.15, 0.2) is 0 Å². The molecule has 0 atom stereocenters. The van der Waals surface area contributed by atoms with Gasteiger partial charge >= 0.3 is 0 Å². The number of aryl methyl sites for hydroxylation is 1. The molecule has 2 aromatic carbocycles. The molecule has 0 spiro atoms. The largest absolute Gasteiger partial charge is 0.376 e. The van der Waals surface area contributed by atoms with E-state index in [0.29, 0.717) is 11.6 Å². The van der Waals surface area contributed by atoms with Gasteiger partial charge in [-0.05, 0) is 56.2 Å². The summed E-state index contributed by atoms with van der Waals surface area (Å²) in [6, 6.07) is 13.6. The Hall–Kier alpha value is -2.00. The molecule has 1 N–H and O–H groups in total. The van der Waals surface area contributed by atoms with E-state index in [0.717, 1.165) is 22.5 Å². The second kappa shape index (κ2) is 7.32. The van der Waals surface area contributed by atoms with Gasteiger partial charge in [0.05, 0.1) is 6.54 Å². The molecule has 0 saturated heterocycles. The maximum absolute atomic E-state index is 12.5. The number of carbonyl (C=O) groups is 1. The first-order valence-corrected chi connectivity index (χ1v) is 7.76. The van der Waals surface area contributed by atoms with Crippen LogP contribution in [0.4, 0.5) is 11.4 Å². The number of benzene rings is 2. The average molecular weight is 317 g/mol. The zero-order valence-electron chi connectivity index (χ0n) is 13.2. The van der Waals surface area contributed by atoms with Crippen molar-refractivity contribution in [2.24, 2.45) is 0 Å². The van der Waals surface area contributed by atoms with E-state index in [1.807, 2.05) is 63.2 Å². The van der Waals surface area contributed by atoms with Crippen molar-refractivity contribution < 1.29 is 4.79 Å². The molecule has 3 nitrogen and oxygen atoms in total. The van der Waals surface area contributed by atoms with Crippen LogP contribution in [0.15, 0.2) is 42.5 Å². The molecule has 2 aromatic rings. The van der Waals surface area contributed by atoms with E-state index < -0.39 is 0 Å². The maximum atomic E-state index is 12.5. The van der Waals surface area contributed by atoms with Gasteiger partial charge in [0.1, 0.15) is 0 Å². The van der Waals surface area contributed by atoms with Crippen LogP contribution in [0.2, 0.25) is 5.02 Å². The van der Waals surface area contributed by atoms with Gasteiger partial charge in [-0.2, -0.15) is 0 Å². The second-order valence-corrected chi connectivity index (χ2v) is 5.65. The Morgan fingerprint density at radius 1 is 1.18 bits per heavy atom. The quantitative estimate of drug-likeness (QED) is 0.885. The third-order valence-corrected chi connectivity index (χ3v) is 4.04. The first-order chi connectivity index (χ1) is 10.5. The number of likely N-dealkylation sites (N-methyl/N-ethyl adjacent to an activating group) is 1. The zero-order valence-corrected chi connectivity index (χ0v) is 13.9. The minimum atomic E-state index is 0.0347. The Kier molecular flexibility index (Phi) is 5.45. The van der Waals surface area contributed by atoms with E-state index in [4.69, 9.17) is 11.6 Å². The first-order valence-electron chi connectivity index (χ1n) is 7.39. The van der Waals surface area contributed by atoms with Crippen molar-refractivity contribution in [2.45, 2.75) is 20.8 Å². The smallest absolute Gasteiger partial charge is 0.246 e. The summed E-state index contributed by atoms with van der Waals surface area (Å²) in [4.78, 5) is 14.3.